The Morgan fingerprint density at radius 3 is 2.42 bits per heavy atom. The average Bonchev–Trinajstić information content (AvgIpc) is 2.85. The molecule has 5 rings (SSSR count). The number of para-hydroxylation sites is 1. The lowest BCUT2D eigenvalue weighted by molar-refractivity contribution is -0.120. The van der Waals surface area contributed by atoms with E-state index < -0.39 is 0 Å². The molecule has 5 nitrogen and oxygen atoms in total. The molecule has 0 N–H and O–H groups in total. The van der Waals surface area contributed by atoms with Gasteiger partial charge >= 0.3 is 0 Å². The van der Waals surface area contributed by atoms with Gasteiger partial charge in [-0.2, -0.15) is 0 Å². The summed E-state index contributed by atoms with van der Waals surface area (Å²) >= 11 is 1.84. The zero-order valence-corrected chi connectivity index (χ0v) is 18.2. The van der Waals surface area contributed by atoms with Crippen LogP contribution in [0.2, 0.25) is 0 Å². The summed E-state index contributed by atoms with van der Waals surface area (Å²) in [5.41, 5.74) is 2.22. The molecule has 1 unspecified atom stereocenters. The maximum absolute atomic E-state index is 13.6. The molecule has 3 aromatic rings. The molecule has 2 aromatic carbocycles. The fourth-order valence-corrected chi connectivity index (χ4v) is 5.53. The quantitative estimate of drug-likeness (QED) is 0.624. The molecule has 1 fully saturated rings. The average molecular weight is 431 g/mol. The monoisotopic (exact) mass is 430 g/mol. The second-order valence-electron chi connectivity index (χ2n) is 7.92. The highest BCUT2D eigenvalue weighted by atomic mass is 32.2. The minimum atomic E-state index is 0.0587. The van der Waals surface area contributed by atoms with Gasteiger partial charge in [0.15, 0.2) is 0 Å². The topological polar surface area (TPSA) is 39.7 Å². The van der Waals surface area contributed by atoms with Gasteiger partial charge in [0.05, 0.1) is 18.3 Å². The molecule has 1 atom stereocenters. The lowest BCUT2D eigenvalue weighted by Crippen LogP contribution is -2.51. The number of nitrogens with zero attached hydrogens (tertiary/aromatic N) is 4. The van der Waals surface area contributed by atoms with E-state index in [1.807, 2.05) is 59.3 Å². The van der Waals surface area contributed by atoms with Crippen molar-refractivity contribution in [3.05, 3.63) is 84.6 Å². The number of aromatic nitrogens is 1. The van der Waals surface area contributed by atoms with Crippen LogP contribution in [0.5, 0.6) is 0 Å². The largest absolute Gasteiger partial charge is 0.354 e. The van der Waals surface area contributed by atoms with Crippen molar-refractivity contribution in [2.45, 2.75) is 10.9 Å². The smallest absolute Gasteiger partial charge is 0.241 e. The highest BCUT2D eigenvalue weighted by Crippen LogP contribution is 2.43. The first-order chi connectivity index (χ1) is 15.3. The summed E-state index contributed by atoms with van der Waals surface area (Å²) < 4.78 is 0. The molecule has 1 amide bonds. The molecule has 158 valence electrons. The van der Waals surface area contributed by atoms with Gasteiger partial charge in [-0.1, -0.05) is 48.5 Å². The van der Waals surface area contributed by atoms with E-state index in [1.165, 1.54) is 10.5 Å². The highest BCUT2D eigenvalue weighted by molar-refractivity contribution is 7.99. The molecule has 0 spiro atoms. The molecular weight excluding hydrogens is 404 g/mol. The Bertz CT molecular complexity index is 1020. The number of hydrogen-bond donors (Lipinski definition) is 0. The molecule has 31 heavy (non-hydrogen) atoms. The second kappa shape index (κ2) is 9.12. The van der Waals surface area contributed by atoms with Crippen LogP contribution < -0.4 is 9.80 Å². The van der Waals surface area contributed by atoms with Crippen LogP contribution in [0.3, 0.4) is 0 Å². The van der Waals surface area contributed by atoms with Gasteiger partial charge in [-0.25, -0.2) is 4.98 Å². The number of benzene rings is 2. The van der Waals surface area contributed by atoms with Crippen LogP contribution in [0, 0.1) is 0 Å². The van der Waals surface area contributed by atoms with E-state index in [9.17, 15) is 4.79 Å². The van der Waals surface area contributed by atoms with Crippen molar-refractivity contribution in [2.24, 2.45) is 0 Å². The number of piperazine rings is 1. The first-order valence-corrected chi connectivity index (χ1v) is 11.8. The fourth-order valence-electron chi connectivity index (χ4n) is 4.36. The lowest BCUT2D eigenvalue weighted by Gasteiger charge is -2.40. The van der Waals surface area contributed by atoms with Crippen molar-refractivity contribution >= 4 is 29.2 Å². The zero-order valence-electron chi connectivity index (χ0n) is 17.4. The molecular formula is C25H26N4OS. The molecule has 0 saturated carbocycles. The van der Waals surface area contributed by atoms with Crippen molar-refractivity contribution in [3.8, 4) is 0 Å². The summed E-state index contributed by atoms with van der Waals surface area (Å²) in [6, 6.07) is 24.7. The number of carbonyl (C=O) groups excluding carboxylic acids is 1. The Morgan fingerprint density at radius 1 is 0.903 bits per heavy atom. The molecule has 0 radical (unpaired) electrons. The van der Waals surface area contributed by atoms with Crippen molar-refractivity contribution in [1.82, 2.24) is 9.88 Å². The summed E-state index contributed by atoms with van der Waals surface area (Å²) in [5.74, 6) is 2.06. The standard InChI is InChI=1S/C25H26N4OS/c30-25(18-27-14-16-28(17-15-27)24-12-6-7-13-26-24)29-21-10-4-5-11-23(21)31-19-22(29)20-8-2-1-3-9-20/h1-13,22H,14-19H2. The van der Waals surface area contributed by atoms with E-state index in [1.54, 1.807) is 0 Å². The number of carbonyl (C=O) groups is 1. The predicted molar refractivity (Wildman–Crippen MR) is 127 cm³/mol. The summed E-state index contributed by atoms with van der Waals surface area (Å²) in [6.07, 6.45) is 1.83. The molecule has 2 aliphatic heterocycles. The third-order valence-corrected chi connectivity index (χ3v) is 7.13. The summed E-state index contributed by atoms with van der Waals surface area (Å²) in [5, 5.41) is 0. The van der Waals surface area contributed by atoms with Crippen molar-refractivity contribution in [3.63, 3.8) is 0 Å². The summed E-state index contributed by atoms with van der Waals surface area (Å²) in [6.45, 7) is 3.95. The van der Waals surface area contributed by atoms with Crippen LogP contribution in [-0.4, -0.2) is 54.3 Å². The van der Waals surface area contributed by atoms with Crippen LogP contribution in [0.15, 0.2) is 83.9 Å². The summed E-state index contributed by atoms with van der Waals surface area (Å²) in [4.78, 5) is 25.9. The maximum Gasteiger partial charge on any atom is 0.241 e. The van der Waals surface area contributed by atoms with E-state index in [-0.39, 0.29) is 11.9 Å². The normalized spacial score (nSPS) is 19.2. The van der Waals surface area contributed by atoms with Crippen molar-refractivity contribution in [2.75, 3.05) is 48.3 Å². The van der Waals surface area contributed by atoms with Gasteiger partial charge in [-0.3, -0.25) is 9.69 Å². The number of pyridine rings is 1. The number of rotatable bonds is 4. The molecule has 0 bridgehead atoms. The van der Waals surface area contributed by atoms with Gasteiger partial charge in [0.25, 0.3) is 0 Å². The first kappa shape index (κ1) is 20.1. The third-order valence-electron chi connectivity index (χ3n) is 5.99. The van der Waals surface area contributed by atoms with Gasteiger partial charge in [-0.05, 0) is 29.8 Å². The molecule has 1 saturated heterocycles. The van der Waals surface area contributed by atoms with Crippen molar-refractivity contribution in [1.29, 1.82) is 0 Å². The molecule has 6 heteroatoms. The Kier molecular flexibility index (Phi) is 5.91. The van der Waals surface area contributed by atoms with Crippen LogP contribution in [0.25, 0.3) is 0 Å². The van der Waals surface area contributed by atoms with Crippen LogP contribution >= 0.6 is 11.8 Å². The number of thioether (sulfide) groups is 1. The summed E-state index contributed by atoms with van der Waals surface area (Å²) in [7, 11) is 0. The van der Waals surface area contributed by atoms with Gasteiger partial charge < -0.3 is 9.80 Å². The van der Waals surface area contributed by atoms with Gasteiger partial charge in [0.1, 0.15) is 5.82 Å². The van der Waals surface area contributed by atoms with Crippen LogP contribution in [-0.2, 0) is 4.79 Å². The van der Waals surface area contributed by atoms with E-state index in [0.29, 0.717) is 6.54 Å². The Hall–Kier alpha value is -2.83. The number of amides is 1. The Morgan fingerprint density at radius 2 is 1.65 bits per heavy atom. The van der Waals surface area contributed by atoms with E-state index in [0.717, 1.165) is 43.4 Å². The fraction of sp³-hybridized carbons (Fsp3) is 0.280. The third kappa shape index (κ3) is 4.31. The SMILES string of the molecule is O=C(CN1CCN(c2ccccn2)CC1)N1c2ccccc2SCC1c1ccccc1. The molecule has 2 aliphatic rings. The predicted octanol–water partition coefficient (Wildman–Crippen LogP) is 4.08. The lowest BCUT2D eigenvalue weighted by atomic mass is 10.1. The Labute approximate surface area is 187 Å². The van der Waals surface area contributed by atoms with Gasteiger partial charge in [-0.15, -0.1) is 11.8 Å². The second-order valence-corrected chi connectivity index (χ2v) is 8.98. The minimum absolute atomic E-state index is 0.0587. The zero-order chi connectivity index (χ0) is 21.0. The van der Waals surface area contributed by atoms with Gasteiger partial charge in [0, 0.05) is 43.0 Å². The van der Waals surface area contributed by atoms with Gasteiger partial charge in [0.2, 0.25) is 5.91 Å². The highest BCUT2D eigenvalue weighted by Gasteiger charge is 2.33. The number of anilines is 2. The molecule has 0 aliphatic carbocycles. The minimum Gasteiger partial charge on any atom is -0.354 e. The first-order valence-electron chi connectivity index (χ1n) is 10.8. The number of fused-ring (bicyclic) bond motifs is 1. The van der Waals surface area contributed by atoms with E-state index in [4.69, 9.17) is 0 Å². The Balaban J connectivity index is 1.32. The maximum atomic E-state index is 13.6. The molecule has 3 heterocycles. The van der Waals surface area contributed by atoms with Crippen LogP contribution in [0.1, 0.15) is 11.6 Å². The number of hydrogen-bond acceptors (Lipinski definition) is 5. The van der Waals surface area contributed by atoms with Crippen LogP contribution in [0.4, 0.5) is 11.5 Å². The molecule has 1 aromatic heterocycles. The van der Waals surface area contributed by atoms with E-state index in [2.05, 4.69) is 51.2 Å². The van der Waals surface area contributed by atoms with Crippen molar-refractivity contribution < 1.29 is 4.79 Å². The van der Waals surface area contributed by atoms with E-state index >= 15 is 0 Å².